The molecular weight excluding hydrogens is 346 g/mol. The number of hydrogen-bond acceptors (Lipinski definition) is 4. The fourth-order valence-electron chi connectivity index (χ4n) is 2.73. The summed E-state index contributed by atoms with van der Waals surface area (Å²) in [5.41, 5.74) is -1.38. The Kier molecular flexibility index (Phi) is 6.67. The summed E-state index contributed by atoms with van der Waals surface area (Å²) in [6.07, 6.45) is 5.30. The average Bonchev–Trinajstić information content (AvgIpc) is 2.64. The molecule has 0 bridgehead atoms. The highest BCUT2D eigenvalue weighted by Gasteiger charge is 2.51. The molecule has 6 heteroatoms. The Hall–Kier alpha value is -1.03. The van der Waals surface area contributed by atoms with Gasteiger partial charge < -0.3 is 13.9 Å². The normalized spacial score (nSPS) is 23.7. The summed E-state index contributed by atoms with van der Waals surface area (Å²) in [7, 11) is -1.93. The van der Waals surface area contributed by atoms with E-state index in [1.165, 1.54) is 0 Å². The molecule has 26 heavy (non-hydrogen) atoms. The summed E-state index contributed by atoms with van der Waals surface area (Å²) in [5.74, 6) is 2.68. The maximum absolute atomic E-state index is 12.8. The molecule has 0 N–H and O–H groups in total. The molecule has 0 aliphatic carbocycles. The van der Waals surface area contributed by atoms with E-state index in [0.29, 0.717) is 13.0 Å². The van der Waals surface area contributed by atoms with Crippen molar-refractivity contribution in [1.82, 2.24) is 4.90 Å². The standard InChI is InChI=1S/C20H37NO4Si/c1-12-13-15-16(14-23-26(10,11)19(5,6)7)24-20(8,9)21(15)17(22)25-18(2,3)4/h1,15-16H,13-14H2,2-11H3/t15-,16+/m0/s1. The molecule has 2 atom stereocenters. The van der Waals surface area contributed by atoms with Crippen LogP contribution in [0.25, 0.3) is 0 Å². The van der Waals surface area contributed by atoms with Crippen LogP contribution in [0, 0.1) is 12.3 Å². The van der Waals surface area contributed by atoms with Crippen molar-refractivity contribution < 1.29 is 18.7 Å². The highest BCUT2D eigenvalue weighted by atomic mass is 28.4. The van der Waals surface area contributed by atoms with Crippen molar-refractivity contribution in [2.75, 3.05) is 6.61 Å². The van der Waals surface area contributed by atoms with Gasteiger partial charge in [-0.05, 0) is 52.8 Å². The Balaban J connectivity index is 3.02. The Morgan fingerprint density at radius 2 is 1.77 bits per heavy atom. The van der Waals surface area contributed by atoms with Crippen LogP contribution in [0.1, 0.15) is 61.8 Å². The van der Waals surface area contributed by atoms with Gasteiger partial charge in [-0.25, -0.2) is 4.79 Å². The lowest BCUT2D eigenvalue weighted by Gasteiger charge is -2.37. The predicted octanol–water partition coefficient (Wildman–Crippen LogP) is 4.77. The van der Waals surface area contributed by atoms with Crippen molar-refractivity contribution in [3.8, 4) is 12.3 Å². The lowest BCUT2D eigenvalue weighted by atomic mass is 10.1. The number of rotatable bonds is 4. The first-order valence-corrected chi connectivity index (χ1v) is 12.2. The van der Waals surface area contributed by atoms with Crippen LogP contribution < -0.4 is 0 Å². The second-order valence-corrected chi connectivity index (χ2v) is 14.8. The quantitative estimate of drug-likeness (QED) is 0.518. The van der Waals surface area contributed by atoms with Gasteiger partial charge in [-0.2, -0.15) is 0 Å². The van der Waals surface area contributed by atoms with Crippen molar-refractivity contribution >= 4 is 14.4 Å². The van der Waals surface area contributed by atoms with Crippen LogP contribution in [0.3, 0.4) is 0 Å². The van der Waals surface area contributed by atoms with Gasteiger partial charge in [-0.1, -0.05) is 20.8 Å². The third-order valence-electron chi connectivity index (χ3n) is 5.11. The maximum Gasteiger partial charge on any atom is 0.412 e. The smallest absolute Gasteiger partial charge is 0.412 e. The average molecular weight is 384 g/mol. The zero-order valence-corrected chi connectivity index (χ0v) is 19.2. The Labute approximate surface area is 160 Å². The first-order chi connectivity index (χ1) is 11.5. The SMILES string of the molecule is C#CC[C@H]1[C@@H](CO[Si](C)(C)C(C)(C)C)OC(C)(C)N1C(=O)OC(C)(C)C. The highest BCUT2D eigenvalue weighted by Crippen LogP contribution is 2.39. The van der Waals surface area contributed by atoms with E-state index in [1.807, 2.05) is 34.6 Å². The molecule has 0 aromatic heterocycles. The minimum Gasteiger partial charge on any atom is -0.444 e. The zero-order valence-electron chi connectivity index (χ0n) is 18.2. The van der Waals surface area contributed by atoms with E-state index >= 15 is 0 Å². The summed E-state index contributed by atoms with van der Waals surface area (Å²) in [5, 5.41) is 0.105. The number of amides is 1. The maximum atomic E-state index is 12.8. The fraction of sp³-hybridized carbons (Fsp3) is 0.850. The largest absolute Gasteiger partial charge is 0.444 e. The molecule has 0 aromatic rings. The van der Waals surface area contributed by atoms with Crippen molar-refractivity contribution in [3.63, 3.8) is 0 Å². The minimum atomic E-state index is -1.93. The van der Waals surface area contributed by atoms with E-state index < -0.39 is 25.7 Å². The summed E-state index contributed by atoms with van der Waals surface area (Å²) in [6.45, 7) is 20.7. The number of hydrogen-bond donors (Lipinski definition) is 0. The third kappa shape index (κ3) is 5.48. The molecule has 1 saturated heterocycles. The van der Waals surface area contributed by atoms with E-state index in [1.54, 1.807) is 4.90 Å². The zero-order chi connectivity index (χ0) is 20.6. The Morgan fingerprint density at radius 3 is 2.19 bits per heavy atom. The van der Waals surface area contributed by atoms with Gasteiger partial charge in [-0.15, -0.1) is 12.3 Å². The molecule has 0 radical (unpaired) electrons. The fourth-order valence-corrected chi connectivity index (χ4v) is 3.75. The molecule has 0 spiro atoms. The lowest BCUT2D eigenvalue weighted by Crippen LogP contribution is -2.50. The van der Waals surface area contributed by atoms with Gasteiger partial charge in [0.15, 0.2) is 8.32 Å². The van der Waals surface area contributed by atoms with Gasteiger partial charge >= 0.3 is 6.09 Å². The van der Waals surface area contributed by atoms with Crippen LogP contribution in [-0.2, 0) is 13.9 Å². The van der Waals surface area contributed by atoms with Gasteiger partial charge in [0.25, 0.3) is 0 Å². The van der Waals surface area contributed by atoms with Crippen molar-refractivity contribution in [1.29, 1.82) is 0 Å². The van der Waals surface area contributed by atoms with Crippen molar-refractivity contribution in [2.24, 2.45) is 0 Å². The molecule has 1 aliphatic heterocycles. The van der Waals surface area contributed by atoms with Crippen molar-refractivity contribution in [2.45, 2.75) is 103 Å². The molecule has 150 valence electrons. The summed E-state index contributed by atoms with van der Waals surface area (Å²) in [4.78, 5) is 14.4. The second-order valence-electron chi connectivity index (χ2n) is 10.0. The molecule has 1 aliphatic rings. The number of nitrogens with zero attached hydrogens (tertiary/aromatic N) is 1. The third-order valence-corrected chi connectivity index (χ3v) is 9.61. The van der Waals surface area contributed by atoms with Crippen LogP contribution in [-0.4, -0.2) is 49.4 Å². The number of carbonyl (C=O) groups is 1. The van der Waals surface area contributed by atoms with Gasteiger partial charge in [0.05, 0.1) is 12.6 Å². The lowest BCUT2D eigenvalue weighted by molar-refractivity contribution is -0.0855. The Bertz CT molecular complexity index is 552. The first-order valence-electron chi connectivity index (χ1n) is 9.29. The molecule has 1 amide bonds. The van der Waals surface area contributed by atoms with Gasteiger partial charge in [0.1, 0.15) is 17.4 Å². The van der Waals surface area contributed by atoms with Gasteiger partial charge in [-0.3, -0.25) is 4.90 Å². The van der Waals surface area contributed by atoms with Crippen molar-refractivity contribution in [3.05, 3.63) is 0 Å². The van der Waals surface area contributed by atoms with Crippen LogP contribution >= 0.6 is 0 Å². The van der Waals surface area contributed by atoms with Crippen LogP contribution in [0.2, 0.25) is 18.1 Å². The van der Waals surface area contributed by atoms with Crippen LogP contribution in [0.5, 0.6) is 0 Å². The topological polar surface area (TPSA) is 48.0 Å². The number of terminal acetylenes is 1. The first kappa shape index (κ1) is 23.0. The van der Waals surface area contributed by atoms with E-state index in [4.69, 9.17) is 20.3 Å². The number of carbonyl (C=O) groups excluding carboxylic acids is 1. The van der Waals surface area contributed by atoms with E-state index in [9.17, 15) is 4.79 Å². The van der Waals surface area contributed by atoms with Crippen LogP contribution in [0.4, 0.5) is 4.79 Å². The summed E-state index contributed by atoms with van der Waals surface area (Å²) in [6, 6.07) is -0.269. The molecule has 1 fully saturated rings. The molecule has 1 heterocycles. The van der Waals surface area contributed by atoms with E-state index in [0.717, 1.165) is 0 Å². The van der Waals surface area contributed by atoms with E-state index in [-0.39, 0.29) is 17.2 Å². The monoisotopic (exact) mass is 383 g/mol. The molecule has 0 unspecified atom stereocenters. The van der Waals surface area contributed by atoms with Gasteiger partial charge in [0, 0.05) is 6.42 Å². The second kappa shape index (κ2) is 7.53. The predicted molar refractivity (Wildman–Crippen MR) is 107 cm³/mol. The molecular formula is C20H37NO4Si. The molecule has 1 rings (SSSR count). The van der Waals surface area contributed by atoms with Gasteiger partial charge in [0.2, 0.25) is 0 Å². The summed E-state index contributed by atoms with van der Waals surface area (Å²) >= 11 is 0. The Morgan fingerprint density at radius 1 is 1.23 bits per heavy atom. The molecule has 0 saturated carbocycles. The summed E-state index contributed by atoms with van der Waals surface area (Å²) < 4.78 is 18.1. The highest BCUT2D eigenvalue weighted by molar-refractivity contribution is 6.74. The molecule has 5 nitrogen and oxygen atoms in total. The molecule has 0 aromatic carbocycles. The minimum absolute atomic E-state index is 0.105. The van der Waals surface area contributed by atoms with Crippen LogP contribution in [0.15, 0.2) is 0 Å². The number of ether oxygens (including phenoxy) is 2. The van der Waals surface area contributed by atoms with E-state index in [2.05, 4.69) is 39.8 Å².